The van der Waals surface area contributed by atoms with Crippen molar-refractivity contribution in [3.63, 3.8) is 0 Å². The van der Waals surface area contributed by atoms with Crippen LogP contribution in [0.15, 0.2) is 24.5 Å². The molecule has 4 unspecified atom stereocenters. The lowest BCUT2D eigenvalue weighted by atomic mass is 10.1. The molecule has 0 aliphatic carbocycles. The van der Waals surface area contributed by atoms with Gasteiger partial charge in [0, 0.05) is 25.9 Å². The van der Waals surface area contributed by atoms with Gasteiger partial charge in [-0.1, -0.05) is 0 Å². The summed E-state index contributed by atoms with van der Waals surface area (Å²) in [5, 5.41) is 16.0. The number of aromatic nitrogens is 1. The van der Waals surface area contributed by atoms with E-state index in [4.69, 9.17) is 9.47 Å². The SMILES string of the molecule is COCC1CCCN1CC1OCC(NC(=O)Nc2cccnc2)C1O. The number of ether oxygens (including phenoxy) is 2. The van der Waals surface area contributed by atoms with Crippen LogP contribution in [0, 0.1) is 0 Å². The third kappa shape index (κ3) is 4.66. The van der Waals surface area contributed by atoms with Gasteiger partial charge in [-0.2, -0.15) is 0 Å². The Morgan fingerprint density at radius 2 is 2.44 bits per heavy atom. The number of rotatable bonds is 6. The van der Waals surface area contributed by atoms with E-state index in [2.05, 4.69) is 20.5 Å². The van der Waals surface area contributed by atoms with E-state index in [1.807, 2.05) is 0 Å². The Balaban J connectivity index is 1.48. The second-order valence-corrected chi connectivity index (χ2v) is 6.56. The smallest absolute Gasteiger partial charge is 0.319 e. The number of amides is 2. The summed E-state index contributed by atoms with van der Waals surface area (Å²) in [6.07, 6.45) is 4.40. The number of nitrogens with one attached hydrogen (secondary N) is 2. The van der Waals surface area contributed by atoms with E-state index in [1.165, 1.54) is 0 Å². The van der Waals surface area contributed by atoms with Crippen molar-refractivity contribution < 1.29 is 19.4 Å². The first-order chi connectivity index (χ1) is 12.2. The number of hydrogen-bond donors (Lipinski definition) is 3. The number of methoxy groups -OCH3 is 1. The predicted octanol–water partition coefficient (Wildman–Crippen LogP) is 0.442. The second kappa shape index (κ2) is 8.57. The molecular formula is C17H26N4O4. The van der Waals surface area contributed by atoms with Crippen LogP contribution >= 0.6 is 0 Å². The van der Waals surface area contributed by atoms with Crippen LogP contribution in [0.1, 0.15) is 12.8 Å². The van der Waals surface area contributed by atoms with Crippen molar-refractivity contribution in [3.8, 4) is 0 Å². The molecule has 3 N–H and O–H groups in total. The predicted molar refractivity (Wildman–Crippen MR) is 92.4 cm³/mol. The van der Waals surface area contributed by atoms with Crippen molar-refractivity contribution in [2.45, 2.75) is 37.1 Å². The minimum atomic E-state index is -0.733. The van der Waals surface area contributed by atoms with Crippen LogP contribution in [0.3, 0.4) is 0 Å². The minimum absolute atomic E-state index is 0.301. The molecule has 4 atom stereocenters. The number of likely N-dealkylation sites (tertiary alicyclic amines) is 1. The van der Waals surface area contributed by atoms with Crippen LogP contribution in [0.25, 0.3) is 0 Å². The quantitative estimate of drug-likeness (QED) is 0.689. The molecule has 2 aliphatic rings. The zero-order valence-corrected chi connectivity index (χ0v) is 14.4. The minimum Gasteiger partial charge on any atom is -0.388 e. The second-order valence-electron chi connectivity index (χ2n) is 6.56. The molecule has 0 saturated carbocycles. The zero-order chi connectivity index (χ0) is 17.6. The van der Waals surface area contributed by atoms with Gasteiger partial charge in [0.25, 0.3) is 0 Å². The van der Waals surface area contributed by atoms with Gasteiger partial charge in [-0.3, -0.25) is 9.88 Å². The summed E-state index contributed by atoms with van der Waals surface area (Å²) in [6, 6.07) is 3.07. The van der Waals surface area contributed by atoms with Crippen molar-refractivity contribution in [2.24, 2.45) is 0 Å². The molecule has 138 valence electrons. The number of urea groups is 1. The molecule has 8 nitrogen and oxygen atoms in total. The van der Waals surface area contributed by atoms with E-state index in [0.717, 1.165) is 19.4 Å². The first-order valence-corrected chi connectivity index (χ1v) is 8.67. The van der Waals surface area contributed by atoms with E-state index < -0.39 is 12.1 Å². The standard InChI is InChI=1S/C17H26N4O4/c1-24-10-13-5-3-7-21(13)9-15-16(22)14(11-25-15)20-17(23)19-12-4-2-6-18-8-12/h2,4,6,8,13-16,22H,3,5,7,9-11H2,1H3,(H2,19,20,23). The van der Waals surface area contributed by atoms with Gasteiger partial charge in [-0.05, 0) is 31.5 Å². The zero-order valence-electron chi connectivity index (χ0n) is 14.4. The summed E-state index contributed by atoms with van der Waals surface area (Å²) < 4.78 is 11.0. The van der Waals surface area contributed by atoms with Crippen LogP contribution in [0.5, 0.6) is 0 Å². The maximum Gasteiger partial charge on any atom is 0.319 e. The van der Waals surface area contributed by atoms with Crippen LogP contribution < -0.4 is 10.6 Å². The molecule has 3 rings (SSSR count). The van der Waals surface area contributed by atoms with Gasteiger partial charge in [0.2, 0.25) is 0 Å². The van der Waals surface area contributed by atoms with Crippen molar-refractivity contribution in [1.29, 1.82) is 0 Å². The number of carbonyl (C=O) groups is 1. The Kier molecular flexibility index (Phi) is 6.19. The number of anilines is 1. The van der Waals surface area contributed by atoms with E-state index >= 15 is 0 Å². The average molecular weight is 350 g/mol. The van der Waals surface area contributed by atoms with E-state index in [-0.39, 0.29) is 12.1 Å². The van der Waals surface area contributed by atoms with Gasteiger partial charge >= 0.3 is 6.03 Å². The van der Waals surface area contributed by atoms with Crippen molar-refractivity contribution >= 4 is 11.7 Å². The van der Waals surface area contributed by atoms with E-state index in [1.54, 1.807) is 31.6 Å². The fraction of sp³-hybridized carbons (Fsp3) is 0.647. The fourth-order valence-electron chi connectivity index (χ4n) is 3.49. The molecule has 8 heteroatoms. The van der Waals surface area contributed by atoms with Gasteiger partial charge in [0.1, 0.15) is 6.10 Å². The molecule has 0 spiro atoms. The van der Waals surface area contributed by atoms with Crippen molar-refractivity contribution in [1.82, 2.24) is 15.2 Å². The molecule has 2 saturated heterocycles. The third-order valence-electron chi connectivity index (χ3n) is 4.79. The highest BCUT2D eigenvalue weighted by molar-refractivity contribution is 5.89. The molecule has 3 heterocycles. The molecule has 25 heavy (non-hydrogen) atoms. The number of aliphatic hydroxyl groups excluding tert-OH is 1. The largest absolute Gasteiger partial charge is 0.388 e. The van der Waals surface area contributed by atoms with Crippen LogP contribution in [-0.2, 0) is 9.47 Å². The summed E-state index contributed by atoms with van der Waals surface area (Å²) >= 11 is 0. The normalized spacial score (nSPS) is 29.7. The van der Waals surface area contributed by atoms with Crippen molar-refractivity contribution in [2.75, 3.05) is 38.7 Å². The Hall–Kier alpha value is -1.74. The average Bonchev–Trinajstić information content (AvgIpc) is 3.18. The Labute approximate surface area is 147 Å². The summed E-state index contributed by atoms with van der Waals surface area (Å²) in [5.74, 6) is 0. The topological polar surface area (TPSA) is 96.0 Å². The fourth-order valence-corrected chi connectivity index (χ4v) is 3.49. The molecule has 0 aromatic carbocycles. The summed E-state index contributed by atoms with van der Waals surface area (Å²) in [6.45, 7) is 2.63. The molecule has 2 fully saturated rings. The summed E-state index contributed by atoms with van der Waals surface area (Å²) in [7, 11) is 1.71. The van der Waals surface area contributed by atoms with Gasteiger partial charge in [0.05, 0.1) is 37.2 Å². The summed E-state index contributed by atoms with van der Waals surface area (Å²) in [4.78, 5) is 18.3. The third-order valence-corrected chi connectivity index (χ3v) is 4.79. The first-order valence-electron chi connectivity index (χ1n) is 8.67. The number of hydrogen-bond acceptors (Lipinski definition) is 6. The van der Waals surface area contributed by atoms with E-state index in [9.17, 15) is 9.90 Å². The molecular weight excluding hydrogens is 324 g/mol. The lowest BCUT2D eigenvalue weighted by Crippen LogP contribution is -2.48. The monoisotopic (exact) mass is 350 g/mol. The number of nitrogens with zero attached hydrogens (tertiary/aromatic N) is 2. The number of carbonyl (C=O) groups excluding carboxylic acids is 1. The van der Waals surface area contributed by atoms with Crippen LogP contribution in [-0.4, -0.2) is 78.7 Å². The molecule has 1 aromatic heterocycles. The highest BCUT2D eigenvalue weighted by Crippen LogP contribution is 2.22. The molecule has 0 bridgehead atoms. The van der Waals surface area contributed by atoms with Gasteiger partial charge in [0.15, 0.2) is 0 Å². The maximum absolute atomic E-state index is 12.1. The highest BCUT2D eigenvalue weighted by atomic mass is 16.5. The van der Waals surface area contributed by atoms with Crippen LogP contribution in [0.4, 0.5) is 10.5 Å². The molecule has 0 radical (unpaired) electrons. The lowest BCUT2D eigenvalue weighted by Gasteiger charge is -2.28. The molecule has 2 amide bonds. The molecule has 1 aromatic rings. The van der Waals surface area contributed by atoms with Crippen molar-refractivity contribution in [3.05, 3.63) is 24.5 Å². The van der Waals surface area contributed by atoms with E-state index in [0.29, 0.717) is 31.5 Å². The Morgan fingerprint density at radius 3 is 3.20 bits per heavy atom. The summed E-state index contributed by atoms with van der Waals surface area (Å²) in [5.41, 5.74) is 0.601. The van der Waals surface area contributed by atoms with Crippen LogP contribution in [0.2, 0.25) is 0 Å². The maximum atomic E-state index is 12.1. The lowest BCUT2D eigenvalue weighted by molar-refractivity contribution is 0.00472. The van der Waals surface area contributed by atoms with Gasteiger partial charge in [-0.25, -0.2) is 4.79 Å². The number of aliphatic hydroxyl groups is 1. The highest BCUT2D eigenvalue weighted by Gasteiger charge is 2.39. The number of pyridine rings is 1. The Bertz CT molecular complexity index is 559. The van der Waals surface area contributed by atoms with Gasteiger partial charge < -0.3 is 25.2 Å². The molecule has 2 aliphatic heterocycles. The Morgan fingerprint density at radius 1 is 1.56 bits per heavy atom. The first kappa shape index (κ1) is 18.1. The van der Waals surface area contributed by atoms with Gasteiger partial charge in [-0.15, -0.1) is 0 Å².